The first kappa shape index (κ1) is 17.3. The molecule has 0 bridgehead atoms. The topological polar surface area (TPSA) is 98.6 Å². The van der Waals surface area contributed by atoms with E-state index in [0.29, 0.717) is 32.1 Å². The largest absolute Gasteiger partial charge is 0.501 e. The number of rotatable bonds is 10. The monoisotopic (exact) mass is 312 g/mol. The molecule has 7 heteroatoms. The number of aryl methyl sites for hydroxylation is 1. The highest BCUT2D eigenvalue weighted by molar-refractivity contribution is 7.80. The molecule has 0 saturated heterocycles. The van der Waals surface area contributed by atoms with E-state index in [2.05, 4.69) is 4.84 Å². The van der Waals surface area contributed by atoms with E-state index in [1.54, 1.807) is 0 Å². The van der Waals surface area contributed by atoms with Gasteiger partial charge in [0, 0.05) is 0 Å². The SMILES string of the molecule is NC(CCCCO[N+](=O)[O-])(CCc1ccccc1)C(O)=S. The lowest BCUT2D eigenvalue weighted by Crippen LogP contribution is -2.47. The molecule has 0 saturated carbocycles. The molecule has 0 amide bonds. The molecule has 21 heavy (non-hydrogen) atoms. The molecule has 116 valence electrons. The normalized spacial score (nSPS) is 13.4. The third-order valence-corrected chi connectivity index (χ3v) is 3.75. The van der Waals surface area contributed by atoms with Crippen LogP contribution in [0.3, 0.4) is 0 Å². The zero-order valence-electron chi connectivity index (χ0n) is 11.7. The Hall–Kier alpha value is -1.73. The molecule has 1 aromatic rings. The third kappa shape index (κ3) is 6.50. The Morgan fingerprint density at radius 2 is 2.00 bits per heavy atom. The standard InChI is InChI=1S/C14H20N2O4S/c15-14(13(17)21,9-4-5-11-20-16(18)19)10-8-12-6-2-1-3-7-12/h1-3,6-7H,4-5,8-11,15H2,(H,17,21). The quantitative estimate of drug-likeness (QED) is 0.298. The fraction of sp³-hybridized carbons (Fsp3) is 0.500. The van der Waals surface area contributed by atoms with E-state index in [9.17, 15) is 15.2 Å². The van der Waals surface area contributed by atoms with Crippen molar-refractivity contribution in [1.82, 2.24) is 0 Å². The molecule has 0 aliphatic heterocycles. The van der Waals surface area contributed by atoms with Gasteiger partial charge in [-0.25, -0.2) is 0 Å². The van der Waals surface area contributed by atoms with E-state index < -0.39 is 10.6 Å². The lowest BCUT2D eigenvalue weighted by atomic mass is 9.88. The Morgan fingerprint density at radius 3 is 2.57 bits per heavy atom. The highest BCUT2D eigenvalue weighted by Gasteiger charge is 2.29. The van der Waals surface area contributed by atoms with Crippen LogP contribution in [0.2, 0.25) is 0 Å². The predicted octanol–water partition coefficient (Wildman–Crippen LogP) is 2.58. The number of aliphatic hydroxyl groups is 1. The summed E-state index contributed by atoms with van der Waals surface area (Å²) >= 11 is 4.86. The van der Waals surface area contributed by atoms with Crippen LogP contribution in [0.25, 0.3) is 0 Å². The van der Waals surface area contributed by atoms with Crippen molar-refractivity contribution in [1.29, 1.82) is 0 Å². The Kier molecular flexibility index (Phi) is 7.04. The highest BCUT2D eigenvalue weighted by atomic mass is 32.1. The zero-order valence-corrected chi connectivity index (χ0v) is 12.6. The summed E-state index contributed by atoms with van der Waals surface area (Å²) in [7, 11) is 0. The molecule has 3 N–H and O–H groups in total. The van der Waals surface area contributed by atoms with Gasteiger partial charge in [-0.2, -0.15) is 0 Å². The van der Waals surface area contributed by atoms with Crippen molar-refractivity contribution in [2.45, 2.75) is 37.6 Å². The van der Waals surface area contributed by atoms with Crippen LogP contribution in [0.1, 0.15) is 31.2 Å². The lowest BCUT2D eigenvalue weighted by molar-refractivity contribution is -0.757. The van der Waals surface area contributed by atoms with E-state index in [-0.39, 0.29) is 11.7 Å². The van der Waals surface area contributed by atoms with Crippen molar-refractivity contribution in [3.63, 3.8) is 0 Å². The molecule has 0 spiro atoms. The van der Waals surface area contributed by atoms with Crippen LogP contribution >= 0.6 is 12.2 Å². The van der Waals surface area contributed by atoms with Crippen LogP contribution in [-0.2, 0) is 11.3 Å². The molecule has 0 aliphatic carbocycles. The van der Waals surface area contributed by atoms with Gasteiger partial charge in [0.1, 0.15) is 0 Å². The van der Waals surface area contributed by atoms with E-state index in [1.807, 2.05) is 30.3 Å². The summed E-state index contributed by atoms with van der Waals surface area (Å²) in [6.07, 6.45) is 2.80. The maximum atomic E-state index is 10.0. The van der Waals surface area contributed by atoms with E-state index in [0.717, 1.165) is 5.56 Å². The van der Waals surface area contributed by atoms with E-state index in [1.165, 1.54) is 0 Å². The lowest BCUT2D eigenvalue weighted by Gasteiger charge is -2.27. The molecule has 6 nitrogen and oxygen atoms in total. The number of nitrogens with two attached hydrogens (primary N) is 1. The fourth-order valence-electron chi connectivity index (χ4n) is 2.03. The van der Waals surface area contributed by atoms with Crippen LogP contribution in [0.15, 0.2) is 30.3 Å². The molecule has 0 heterocycles. The van der Waals surface area contributed by atoms with Gasteiger partial charge in [-0.05, 0) is 49.9 Å². The summed E-state index contributed by atoms with van der Waals surface area (Å²) in [6, 6.07) is 9.81. The molecule has 0 fully saturated rings. The molecule has 1 unspecified atom stereocenters. The maximum Gasteiger partial charge on any atom is 0.294 e. The van der Waals surface area contributed by atoms with Gasteiger partial charge in [0.15, 0.2) is 5.05 Å². The van der Waals surface area contributed by atoms with Crippen molar-refractivity contribution in [3.05, 3.63) is 46.0 Å². The van der Waals surface area contributed by atoms with E-state index >= 15 is 0 Å². The summed E-state index contributed by atoms with van der Waals surface area (Å²) in [4.78, 5) is 14.3. The Morgan fingerprint density at radius 1 is 1.33 bits per heavy atom. The summed E-state index contributed by atoms with van der Waals surface area (Å²) in [5, 5.41) is 18.7. The summed E-state index contributed by atoms with van der Waals surface area (Å²) in [5.74, 6) is 0. The average molecular weight is 312 g/mol. The van der Waals surface area contributed by atoms with Crippen molar-refractivity contribution in [2.24, 2.45) is 5.73 Å². The number of unbranched alkanes of at least 4 members (excludes halogenated alkanes) is 1. The van der Waals surface area contributed by atoms with Crippen LogP contribution < -0.4 is 5.73 Å². The van der Waals surface area contributed by atoms with E-state index in [4.69, 9.17) is 18.0 Å². The molecule has 0 aliphatic rings. The first-order valence-electron chi connectivity index (χ1n) is 6.77. The molecule has 0 aromatic heterocycles. The van der Waals surface area contributed by atoms with Crippen molar-refractivity contribution in [2.75, 3.05) is 6.61 Å². The highest BCUT2D eigenvalue weighted by Crippen LogP contribution is 2.20. The van der Waals surface area contributed by atoms with Crippen molar-refractivity contribution in [3.8, 4) is 0 Å². The number of benzene rings is 1. The van der Waals surface area contributed by atoms with Crippen LogP contribution in [0, 0.1) is 10.1 Å². The minimum absolute atomic E-state index is 0.0277. The van der Waals surface area contributed by atoms with Crippen LogP contribution in [0.5, 0.6) is 0 Å². The molecule has 1 rings (SSSR count). The van der Waals surface area contributed by atoms with Gasteiger partial charge in [-0.3, -0.25) is 0 Å². The first-order valence-corrected chi connectivity index (χ1v) is 7.18. The summed E-state index contributed by atoms with van der Waals surface area (Å²) in [6.45, 7) is 0.0277. The number of nitrogens with zero attached hydrogens (tertiary/aromatic N) is 1. The zero-order chi connectivity index (χ0) is 15.7. The molecule has 1 aromatic carbocycles. The van der Waals surface area contributed by atoms with Crippen LogP contribution in [0.4, 0.5) is 0 Å². The van der Waals surface area contributed by atoms with Gasteiger partial charge in [0.25, 0.3) is 5.09 Å². The van der Waals surface area contributed by atoms with Gasteiger partial charge < -0.3 is 15.7 Å². The number of aliphatic hydroxyl groups excluding tert-OH is 1. The second-order valence-electron chi connectivity index (χ2n) is 4.96. The minimum Gasteiger partial charge on any atom is -0.501 e. The molecule has 0 radical (unpaired) electrons. The third-order valence-electron chi connectivity index (χ3n) is 3.34. The Labute approximate surface area is 129 Å². The van der Waals surface area contributed by atoms with Gasteiger partial charge in [-0.1, -0.05) is 30.3 Å². The maximum absolute atomic E-state index is 10.0. The smallest absolute Gasteiger partial charge is 0.294 e. The van der Waals surface area contributed by atoms with Crippen molar-refractivity contribution >= 4 is 17.3 Å². The average Bonchev–Trinajstić information content (AvgIpc) is 2.45. The van der Waals surface area contributed by atoms with Gasteiger partial charge in [0.05, 0.1) is 12.1 Å². The first-order chi connectivity index (χ1) is 9.94. The number of thiocarbonyl (C=S) groups is 1. The van der Waals surface area contributed by atoms with Crippen molar-refractivity contribution < 1.29 is 15.0 Å². The molecular formula is C14H20N2O4S. The summed E-state index contributed by atoms with van der Waals surface area (Å²) < 4.78 is 0. The molecule has 1 atom stereocenters. The van der Waals surface area contributed by atoms with Gasteiger partial charge >= 0.3 is 0 Å². The minimum atomic E-state index is -0.945. The number of hydrogen-bond donors (Lipinski definition) is 2. The predicted molar refractivity (Wildman–Crippen MR) is 83.7 cm³/mol. The Bertz CT molecular complexity index is 469. The second kappa shape index (κ2) is 8.53. The summed E-state index contributed by atoms with van der Waals surface area (Å²) in [5.41, 5.74) is 6.35. The van der Waals surface area contributed by atoms with Gasteiger partial charge in [-0.15, -0.1) is 10.1 Å². The fourth-order valence-corrected chi connectivity index (χ4v) is 2.24. The number of hydrogen-bond acceptors (Lipinski definition) is 5. The molecular weight excluding hydrogens is 292 g/mol. The second-order valence-corrected chi connectivity index (χ2v) is 5.35. The Balaban J connectivity index is 2.42. The van der Waals surface area contributed by atoms with Gasteiger partial charge in [0.2, 0.25) is 0 Å². The van der Waals surface area contributed by atoms with Crippen LogP contribution in [-0.4, -0.2) is 27.4 Å².